The molecule has 3 N–H and O–H groups in total. The van der Waals surface area contributed by atoms with E-state index in [4.69, 9.17) is 10.2 Å². The van der Waals surface area contributed by atoms with E-state index in [-0.39, 0.29) is 5.69 Å². The average Bonchev–Trinajstić information content (AvgIpc) is 2.28. The maximum absolute atomic E-state index is 11.5. The summed E-state index contributed by atoms with van der Waals surface area (Å²) >= 11 is 0. The van der Waals surface area contributed by atoms with Crippen molar-refractivity contribution in [2.75, 3.05) is 0 Å². The fourth-order valence-corrected chi connectivity index (χ4v) is 1.10. The molecule has 0 bridgehead atoms. The van der Waals surface area contributed by atoms with Gasteiger partial charge in [0.25, 0.3) is 5.91 Å². The monoisotopic (exact) mass is 238 g/mol. The largest absolute Gasteiger partial charge is 0.481 e. The van der Waals surface area contributed by atoms with Crippen molar-refractivity contribution in [1.29, 1.82) is 0 Å². The number of aliphatic carboxylic acids is 2. The average molecular weight is 238 g/mol. The van der Waals surface area contributed by atoms with Crippen LogP contribution in [0.2, 0.25) is 0 Å². The van der Waals surface area contributed by atoms with Gasteiger partial charge in [0, 0.05) is 6.20 Å². The maximum Gasteiger partial charge on any atom is 0.326 e. The summed E-state index contributed by atoms with van der Waals surface area (Å²) in [5.41, 5.74) is 0.0316. The number of nitrogens with zero attached hydrogens (tertiary/aromatic N) is 1. The molecule has 1 heterocycles. The van der Waals surface area contributed by atoms with E-state index in [1.807, 2.05) is 0 Å². The Labute approximate surface area is 96.1 Å². The van der Waals surface area contributed by atoms with Gasteiger partial charge in [0.2, 0.25) is 0 Å². The van der Waals surface area contributed by atoms with Crippen LogP contribution in [-0.4, -0.2) is 39.1 Å². The zero-order valence-electron chi connectivity index (χ0n) is 8.66. The van der Waals surface area contributed by atoms with Crippen molar-refractivity contribution in [2.24, 2.45) is 0 Å². The van der Waals surface area contributed by atoms with Gasteiger partial charge in [-0.2, -0.15) is 0 Å². The van der Waals surface area contributed by atoms with Gasteiger partial charge in [0.1, 0.15) is 11.7 Å². The Morgan fingerprint density at radius 3 is 2.47 bits per heavy atom. The van der Waals surface area contributed by atoms with Gasteiger partial charge in [-0.15, -0.1) is 0 Å². The summed E-state index contributed by atoms with van der Waals surface area (Å²) in [7, 11) is 0. The van der Waals surface area contributed by atoms with E-state index in [1.165, 1.54) is 12.3 Å². The van der Waals surface area contributed by atoms with E-state index < -0.39 is 30.3 Å². The van der Waals surface area contributed by atoms with Gasteiger partial charge in [-0.25, -0.2) is 4.79 Å². The molecule has 1 aromatic rings. The second-order valence-corrected chi connectivity index (χ2v) is 3.18. The van der Waals surface area contributed by atoms with Gasteiger partial charge < -0.3 is 15.5 Å². The second kappa shape index (κ2) is 5.59. The lowest BCUT2D eigenvalue weighted by molar-refractivity contribution is -0.145. The van der Waals surface area contributed by atoms with E-state index in [9.17, 15) is 14.4 Å². The van der Waals surface area contributed by atoms with Crippen LogP contribution in [0, 0.1) is 0 Å². The van der Waals surface area contributed by atoms with Crippen molar-refractivity contribution in [2.45, 2.75) is 12.5 Å². The van der Waals surface area contributed by atoms with Crippen LogP contribution in [0.25, 0.3) is 0 Å². The smallest absolute Gasteiger partial charge is 0.326 e. The molecule has 1 atom stereocenters. The number of carboxylic acid groups (broad SMARTS) is 2. The Hall–Kier alpha value is -2.44. The lowest BCUT2D eigenvalue weighted by Gasteiger charge is -2.11. The minimum Gasteiger partial charge on any atom is -0.481 e. The molecule has 1 rings (SSSR count). The molecule has 0 aliphatic rings. The molecule has 0 unspecified atom stereocenters. The third-order valence-electron chi connectivity index (χ3n) is 1.88. The number of amides is 1. The molecule has 7 nitrogen and oxygen atoms in total. The van der Waals surface area contributed by atoms with Crippen LogP contribution >= 0.6 is 0 Å². The SMILES string of the molecule is O=C(O)C[C@H](NC(=O)c1ccccn1)C(=O)O. The summed E-state index contributed by atoms with van der Waals surface area (Å²) in [5, 5.41) is 19.3. The summed E-state index contributed by atoms with van der Waals surface area (Å²) in [6.45, 7) is 0. The Balaban J connectivity index is 2.71. The molecule has 0 fully saturated rings. The highest BCUT2D eigenvalue weighted by atomic mass is 16.4. The zero-order valence-corrected chi connectivity index (χ0v) is 8.66. The molecule has 0 radical (unpaired) electrons. The van der Waals surface area contributed by atoms with Crippen LogP contribution in [0.1, 0.15) is 16.9 Å². The standard InChI is InChI=1S/C10H10N2O5/c13-8(14)5-7(10(16)17)12-9(15)6-3-1-2-4-11-6/h1-4,7H,5H2,(H,12,15)(H,13,14)(H,16,17)/t7-/m0/s1. The molecular formula is C10H10N2O5. The van der Waals surface area contributed by atoms with Gasteiger partial charge in [-0.3, -0.25) is 14.6 Å². The molecule has 17 heavy (non-hydrogen) atoms. The van der Waals surface area contributed by atoms with E-state index in [1.54, 1.807) is 12.1 Å². The topological polar surface area (TPSA) is 117 Å². The van der Waals surface area contributed by atoms with Crippen LogP contribution in [0.4, 0.5) is 0 Å². The Bertz CT molecular complexity index is 432. The molecule has 90 valence electrons. The number of rotatable bonds is 5. The third-order valence-corrected chi connectivity index (χ3v) is 1.88. The maximum atomic E-state index is 11.5. The molecule has 7 heteroatoms. The molecule has 1 amide bonds. The molecule has 0 aromatic carbocycles. The zero-order chi connectivity index (χ0) is 12.8. The van der Waals surface area contributed by atoms with Crippen molar-refractivity contribution >= 4 is 17.8 Å². The molecule has 0 saturated heterocycles. The molecule has 0 aliphatic heterocycles. The number of pyridine rings is 1. The normalized spacial score (nSPS) is 11.5. The Morgan fingerprint density at radius 1 is 1.29 bits per heavy atom. The highest BCUT2D eigenvalue weighted by Crippen LogP contribution is 1.98. The number of nitrogens with one attached hydrogen (secondary N) is 1. The number of aromatic nitrogens is 1. The number of carbonyl (C=O) groups is 3. The quantitative estimate of drug-likeness (QED) is 0.650. The van der Waals surface area contributed by atoms with E-state index in [0.29, 0.717) is 0 Å². The molecule has 0 aliphatic carbocycles. The van der Waals surface area contributed by atoms with E-state index in [0.717, 1.165) is 0 Å². The highest BCUT2D eigenvalue weighted by molar-refractivity contribution is 5.95. The van der Waals surface area contributed by atoms with Gasteiger partial charge in [0.15, 0.2) is 0 Å². The fourth-order valence-electron chi connectivity index (χ4n) is 1.10. The summed E-state index contributed by atoms with van der Waals surface area (Å²) in [5.74, 6) is -3.44. The van der Waals surface area contributed by atoms with Gasteiger partial charge in [-0.05, 0) is 12.1 Å². The van der Waals surface area contributed by atoms with Crippen LogP contribution in [0.15, 0.2) is 24.4 Å². The van der Waals surface area contributed by atoms with E-state index >= 15 is 0 Å². The van der Waals surface area contributed by atoms with Crippen molar-refractivity contribution < 1.29 is 24.6 Å². The summed E-state index contributed by atoms with van der Waals surface area (Å²) < 4.78 is 0. The molecule has 0 spiro atoms. The predicted molar refractivity (Wildman–Crippen MR) is 55.4 cm³/mol. The Kier molecular flexibility index (Phi) is 4.15. The van der Waals surface area contributed by atoms with Crippen molar-refractivity contribution in [3.63, 3.8) is 0 Å². The first-order valence-corrected chi connectivity index (χ1v) is 4.67. The predicted octanol–water partition coefficient (Wildman–Crippen LogP) is -0.261. The first kappa shape index (κ1) is 12.6. The summed E-state index contributed by atoms with van der Waals surface area (Å²) in [4.78, 5) is 36.3. The minimum atomic E-state index is -1.47. The number of carboxylic acids is 2. The van der Waals surface area contributed by atoms with Gasteiger partial charge in [0.05, 0.1) is 6.42 Å². The minimum absolute atomic E-state index is 0.0316. The van der Waals surface area contributed by atoms with Crippen LogP contribution in [-0.2, 0) is 9.59 Å². The number of carbonyl (C=O) groups excluding carboxylic acids is 1. The van der Waals surface area contributed by atoms with Gasteiger partial charge >= 0.3 is 11.9 Å². The van der Waals surface area contributed by atoms with Gasteiger partial charge in [-0.1, -0.05) is 6.07 Å². The highest BCUT2D eigenvalue weighted by Gasteiger charge is 2.23. The Morgan fingerprint density at radius 2 is 2.00 bits per heavy atom. The van der Waals surface area contributed by atoms with Crippen molar-refractivity contribution in [3.05, 3.63) is 30.1 Å². The van der Waals surface area contributed by atoms with Crippen LogP contribution in [0.5, 0.6) is 0 Å². The van der Waals surface area contributed by atoms with Crippen molar-refractivity contribution in [1.82, 2.24) is 10.3 Å². The lowest BCUT2D eigenvalue weighted by atomic mass is 10.2. The second-order valence-electron chi connectivity index (χ2n) is 3.18. The van der Waals surface area contributed by atoms with Crippen LogP contribution < -0.4 is 5.32 Å². The lowest BCUT2D eigenvalue weighted by Crippen LogP contribution is -2.42. The molecule has 1 aromatic heterocycles. The number of hydrogen-bond acceptors (Lipinski definition) is 4. The molecular weight excluding hydrogens is 228 g/mol. The van der Waals surface area contributed by atoms with E-state index in [2.05, 4.69) is 10.3 Å². The van der Waals surface area contributed by atoms with Crippen LogP contribution in [0.3, 0.4) is 0 Å². The van der Waals surface area contributed by atoms with Crippen molar-refractivity contribution in [3.8, 4) is 0 Å². The first-order chi connectivity index (χ1) is 8.00. The summed E-state index contributed by atoms with van der Waals surface area (Å²) in [6.07, 6.45) is 0.690. The third kappa shape index (κ3) is 3.90. The fraction of sp³-hybridized carbons (Fsp3) is 0.200. The number of hydrogen-bond donors (Lipinski definition) is 3. The summed E-state index contributed by atoms with van der Waals surface area (Å²) in [6, 6.07) is 3.09. The molecule has 0 saturated carbocycles. The first-order valence-electron chi connectivity index (χ1n) is 4.67.